The van der Waals surface area contributed by atoms with Gasteiger partial charge in [0.1, 0.15) is 12.6 Å². The van der Waals surface area contributed by atoms with Crippen molar-refractivity contribution in [3.63, 3.8) is 0 Å². The van der Waals surface area contributed by atoms with Crippen LogP contribution in [-0.4, -0.2) is 54.2 Å². The average Bonchev–Trinajstić information content (AvgIpc) is 3.09. The van der Waals surface area contributed by atoms with Gasteiger partial charge in [0.2, 0.25) is 5.91 Å². The number of alkyl carbamates (subject to hydrolysis) is 1. The van der Waals surface area contributed by atoms with Crippen LogP contribution in [0.15, 0.2) is 48.5 Å². The molecule has 7 nitrogen and oxygen atoms in total. The van der Waals surface area contributed by atoms with Gasteiger partial charge >= 0.3 is 12.1 Å². The quantitative estimate of drug-likeness (QED) is 0.609. The normalized spacial score (nSPS) is 21.6. The van der Waals surface area contributed by atoms with E-state index in [0.717, 1.165) is 35.1 Å². The summed E-state index contributed by atoms with van der Waals surface area (Å²) in [5.41, 5.74) is 4.43. The molecule has 0 heterocycles. The van der Waals surface area contributed by atoms with Gasteiger partial charge in [-0.1, -0.05) is 62.4 Å². The third-order valence-electron chi connectivity index (χ3n) is 6.99. The van der Waals surface area contributed by atoms with E-state index in [1.807, 2.05) is 36.4 Å². The number of carboxylic acids is 1. The van der Waals surface area contributed by atoms with Gasteiger partial charge in [-0.2, -0.15) is 0 Å². The highest BCUT2D eigenvalue weighted by Crippen LogP contribution is 2.46. The SMILES string of the molecule is CC1CC(C)(CN(C)C(=O)C(CC(=O)O)NC(=O)OCC2c3ccccc3-c3ccccc32)C1. The number of amides is 2. The molecule has 2 amide bonds. The highest BCUT2D eigenvalue weighted by molar-refractivity contribution is 5.89. The Morgan fingerprint density at radius 3 is 2.18 bits per heavy atom. The van der Waals surface area contributed by atoms with Gasteiger partial charge < -0.3 is 20.1 Å². The maximum atomic E-state index is 13.0. The van der Waals surface area contributed by atoms with E-state index in [0.29, 0.717) is 12.5 Å². The number of likely N-dealkylation sites (N-methyl/N-ethyl adjacent to an activating group) is 1. The molecule has 0 bridgehead atoms. The predicted molar refractivity (Wildman–Crippen MR) is 128 cm³/mol. The number of fused-ring (bicyclic) bond motifs is 3. The Morgan fingerprint density at radius 1 is 1.09 bits per heavy atom. The number of hydrogen-bond acceptors (Lipinski definition) is 4. The zero-order valence-electron chi connectivity index (χ0n) is 19.9. The summed E-state index contributed by atoms with van der Waals surface area (Å²) in [5.74, 6) is -1.07. The van der Waals surface area contributed by atoms with E-state index < -0.39 is 30.4 Å². The lowest BCUT2D eigenvalue weighted by molar-refractivity contribution is -0.143. The fraction of sp³-hybridized carbons (Fsp3) is 0.444. The lowest BCUT2D eigenvalue weighted by Gasteiger charge is -2.46. The largest absolute Gasteiger partial charge is 0.481 e. The smallest absolute Gasteiger partial charge is 0.407 e. The van der Waals surface area contributed by atoms with Crippen molar-refractivity contribution in [1.29, 1.82) is 0 Å². The van der Waals surface area contributed by atoms with Crippen molar-refractivity contribution in [3.05, 3.63) is 59.7 Å². The third kappa shape index (κ3) is 4.93. The Hall–Kier alpha value is -3.35. The van der Waals surface area contributed by atoms with Crippen LogP contribution < -0.4 is 5.32 Å². The summed E-state index contributed by atoms with van der Waals surface area (Å²) in [6, 6.07) is 14.8. The number of carboxylic acid groups (broad SMARTS) is 1. The predicted octanol–water partition coefficient (Wildman–Crippen LogP) is 4.26. The van der Waals surface area contributed by atoms with Gasteiger partial charge in [-0.15, -0.1) is 0 Å². The number of nitrogens with one attached hydrogen (secondary N) is 1. The number of benzene rings is 2. The molecule has 2 aromatic rings. The molecule has 2 aromatic carbocycles. The van der Waals surface area contributed by atoms with Crippen LogP contribution in [0.1, 0.15) is 50.2 Å². The summed E-state index contributed by atoms with van der Waals surface area (Å²) in [6.45, 7) is 4.93. The molecule has 4 rings (SSSR count). The first-order valence-corrected chi connectivity index (χ1v) is 11.7. The lowest BCUT2D eigenvalue weighted by atomic mass is 9.64. The molecule has 7 heteroatoms. The maximum absolute atomic E-state index is 13.0. The molecule has 0 radical (unpaired) electrons. The van der Waals surface area contributed by atoms with Gasteiger partial charge in [0, 0.05) is 19.5 Å². The average molecular weight is 465 g/mol. The molecular weight excluding hydrogens is 432 g/mol. The second kappa shape index (κ2) is 9.49. The standard InChI is InChI=1S/C27H32N2O5/c1-17-13-27(2,14-17)16-29(3)25(32)23(12-24(30)31)28-26(33)34-15-22-20-10-6-4-8-18(20)19-9-5-7-11-21(19)22/h4-11,17,22-23H,12-16H2,1-3H3,(H,28,33)(H,30,31). The van der Waals surface area contributed by atoms with E-state index in [1.54, 1.807) is 7.05 Å². The van der Waals surface area contributed by atoms with Crippen LogP contribution in [0.2, 0.25) is 0 Å². The third-order valence-corrected chi connectivity index (χ3v) is 6.99. The van der Waals surface area contributed by atoms with Crippen molar-refractivity contribution in [1.82, 2.24) is 10.2 Å². The summed E-state index contributed by atoms with van der Waals surface area (Å²) in [7, 11) is 1.66. The van der Waals surface area contributed by atoms with Crippen LogP contribution in [0.4, 0.5) is 4.79 Å². The zero-order chi connectivity index (χ0) is 24.5. The number of nitrogens with zero attached hydrogens (tertiary/aromatic N) is 1. The molecule has 0 saturated heterocycles. The fourth-order valence-corrected chi connectivity index (χ4v) is 5.83. The van der Waals surface area contributed by atoms with Gasteiger partial charge in [0.15, 0.2) is 0 Å². The van der Waals surface area contributed by atoms with Gasteiger partial charge in [0.25, 0.3) is 0 Å². The molecule has 0 spiro atoms. The molecule has 1 unspecified atom stereocenters. The Bertz CT molecular complexity index is 1050. The monoisotopic (exact) mass is 464 g/mol. The van der Waals surface area contributed by atoms with E-state index in [1.165, 1.54) is 4.90 Å². The molecule has 2 aliphatic carbocycles. The number of carbonyl (C=O) groups is 3. The fourth-order valence-electron chi connectivity index (χ4n) is 5.83. The van der Waals surface area contributed by atoms with Crippen molar-refractivity contribution >= 4 is 18.0 Å². The van der Waals surface area contributed by atoms with Crippen molar-refractivity contribution in [2.75, 3.05) is 20.2 Å². The van der Waals surface area contributed by atoms with E-state index >= 15 is 0 Å². The number of ether oxygens (including phenoxy) is 1. The number of aliphatic carboxylic acids is 1. The number of hydrogen-bond donors (Lipinski definition) is 2. The molecule has 1 fully saturated rings. The Kier molecular flexibility index (Phi) is 6.64. The molecule has 180 valence electrons. The number of carbonyl (C=O) groups excluding carboxylic acids is 2. The zero-order valence-corrected chi connectivity index (χ0v) is 19.9. The molecule has 2 aliphatic rings. The topological polar surface area (TPSA) is 95.9 Å². The molecule has 34 heavy (non-hydrogen) atoms. The van der Waals surface area contributed by atoms with Crippen LogP contribution in [0.25, 0.3) is 11.1 Å². The van der Waals surface area contributed by atoms with Gasteiger partial charge in [-0.05, 0) is 46.4 Å². The lowest BCUT2D eigenvalue weighted by Crippen LogP contribution is -2.52. The summed E-state index contributed by atoms with van der Waals surface area (Å²) in [5, 5.41) is 11.8. The first-order chi connectivity index (χ1) is 16.2. The molecule has 0 aliphatic heterocycles. The van der Waals surface area contributed by atoms with E-state index in [9.17, 15) is 19.5 Å². The highest BCUT2D eigenvalue weighted by Gasteiger charge is 2.40. The minimum absolute atomic E-state index is 0.0291. The highest BCUT2D eigenvalue weighted by atomic mass is 16.5. The van der Waals surface area contributed by atoms with Crippen molar-refractivity contribution in [2.24, 2.45) is 11.3 Å². The van der Waals surface area contributed by atoms with Crippen LogP contribution in [0, 0.1) is 11.3 Å². The second-order valence-corrected chi connectivity index (χ2v) is 10.1. The Balaban J connectivity index is 1.40. The van der Waals surface area contributed by atoms with Crippen molar-refractivity contribution < 1.29 is 24.2 Å². The minimum atomic E-state index is -1.18. The maximum Gasteiger partial charge on any atom is 0.407 e. The summed E-state index contributed by atoms with van der Waals surface area (Å²) < 4.78 is 5.52. The summed E-state index contributed by atoms with van der Waals surface area (Å²) in [6.07, 6.45) is 0.751. The van der Waals surface area contributed by atoms with Crippen LogP contribution in [0.3, 0.4) is 0 Å². The molecule has 1 saturated carbocycles. The molecule has 2 N–H and O–H groups in total. The van der Waals surface area contributed by atoms with Gasteiger partial charge in [0.05, 0.1) is 6.42 Å². The van der Waals surface area contributed by atoms with Gasteiger partial charge in [-0.25, -0.2) is 4.79 Å². The summed E-state index contributed by atoms with van der Waals surface area (Å²) in [4.78, 5) is 38.6. The number of rotatable bonds is 8. The van der Waals surface area contributed by atoms with Crippen LogP contribution >= 0.6 is 0 Å². The minimum Gasteiger partial charge on any atom is -0.481 e. The Labute approximate surface area is 200 Å². The first-order valence-electron chi connectivity index (χ1n) is 11.7. The van der Waals surface area contributed by atoms with Gasteiger partial charge in [-0.3, -0.25) is 9.59 Å². The first kappa shape index (κ1) is 23.8. The Morgan fingerprint density at radius 2 is 1.65 bits per heavy atom. The van der Waals surface area contributed by atoms with Crippen molar-refractivity contribution in [3.8, 4) is 11.1 Å². The van der Waals surface area contributed by atoms with Crippen LogP contribution in [0.5, 0.6) is 0 Å². The molecular formula is C27H32N2O5. The summed E-state index contributed by atoms with van der Waals surface area (Å²) >= 11 is 0. The van der Waals surface area contributed by atoms with E-state index in [4.69, 9.17) is 4.74 Å². The van der Waals surface area contributed by atoms with E-state index in [-0.39, 0.29) is 17.9 Å². The van der Waals surface area contributed by atoms with E-state index in [2.05, 4.69) is 31.3 Å². The molecule has 0 aromatic heterocycles. The molecule has 1 atom stereocenters. The second-order valence-electron chi connectivity index (χ2n) is 10.1. The van der Waals surface area contributed by atoms with Crippen molar-refractivity contribution in [2.45, 2.75) is 45.1 Å². The van der Waals surface area contributed by atoms with Crippen LogP contribution in [-0.2, 0) is 14.3 Å².